The van der Waals surface area contributed by atoms with Crippen LogP contribution < -0.4 is 14.2 Å². The molecule has 0 atom stereocenters. The van der Waals surface area contributed by atoms with Crippen LogP contribution in [0.2, 0.25) is 10.0 Å². The van der Waals surface area contributed by atoms with E-state index in [9.17, 15) is 8.42 Å². The van der Waals surface area contributed by atoms with Crippen LogP contribution in [0.1, 0.15) is 5.56 Å². The van der Waals surface area contributed by atoms with Gasteiger partial charge in [-0.25, -0.2) is 17.8 Å². The predicted molar refractivity (Wildman–Crippen MR) is 106 cm³/mol. The van der Waals surface area contributed by atoms with Crippen LogP contribution in [0.3, 0.4) is 0 Å². The Hall–Kier alpha value is -2.49. The van der Waals surface area contributed by atoms with Gasteiger partial charge in [0.25, 0.3) is 16.0 Å². The van der Waals surface area contributed by atoms with E-state index in [4.69, 9.17) is 32.7 Å². The van der Waals surface area contributed by atoms with E-state index in [1.54, 1.807) is 18.2 Å². The smallest absolute Gasteiger partial charge is 0.267 e. The molecule has 0 aliphatic carbocycles. The zero-order valence-corrected chi connectivity index (χ0v) is 17.2. The molecule has 0 aliphatic heterocycles. The first-order valence-corrected chi connectivity index (χ1v) is 10.1. The maximum atomic E-state index is 12.7. The van der Waals surface area contributed by atoms with Crippen LogP contribution in [0, 0.1) is 0 Å². The maximum absolute atomic E-state index is 12.7. The maximum Gasteiger partial charge on any atom is 0.267 e. The molecule has 11 heteroatoms. The quantitative estimate of drug-likeness (QED) is 0.601. The second-order valence-electron chi connectivity index (χ2n) is 5.59. The summed E-state index contributed by atoms with van der Waals surface area (Å²) in [6.07, 6.45) is 1.38. The van der Waals surface area contributed by atoms with E-state index in [-0.39, 0.29) is 23.1 Å². The molecule has 2 aromatic carbocycles. The Labute approximate surface area is 172 Å². The Bertz CT molecular complexity index is 1080. The Kier molecular flexibility index (Phi) is 5.97. The predicted octanol–water partition coefficient (Wildman–Crippen LogP) is 3.45. The average molecular weight is 443 g/mol. The molecule has 0 bridgehead atoms. The lowest BCUT2D eigenvalue weighted by molar-refractivity contribution is 0.386. The molecule has 0 aliphatic rings. The second kappa shape index (κ2) is 8.26. The number of sulfonamides is 1. The lowest BCUT2D eigenvalue weighted by Gasteiger charge is -2.11. The topological polar surface area (TPSA) is 95.3 Å². The van der Waals surface area contributed by atoms with Crippen LogP contribution in [0.15, 0.2) is 47.6 Å². The van der Waals surface area contributed by atoms with Crippen molar-refractivity contribution < 1.29 is 17.9 Å². The number of benzene rings is 2. The number of methoxy groups -OCH3 is 2. The number of hydrogen-bond acceptors (Lipinski definition) is 6. The summed E-state index contributed by atoms with van der Waals surface area (Å²) in [6.45, 7) is 0.235. The summed E-state index contributed by atoms with van der Waals surface area (Å²) >= 11 is 12.3. The fourth-order valence-electron chi connectivity index (χ4n) is 2.44. The lowest BCUT2D eigenvalue weighted by atomic mass is 10.2. The van der Waals surface area contributed by atoms with Gasteiger partial charge in [0.05, 0.1) is 20.8 Å². The SMILES string of the molecule is COc1ccc(S(=O)(=O)Nc2ncn(Cc3c(Cl)cccc3Cl)n2)c(OC)c1. The second-order valence-corrected chi connectivity index (χ2v) is 8.05. The van der Waals surface area contributed by atoms with Crippen molar-refractivity contribution in [1.82, 2.24) is 14.8 Å². The summed E-state index contributed by atoms with van der Waals surface area (Å²) in [5, 5.41) is 5.08. The van der Waals surface area contributed by atoms with Crippen molar-refractivity contribution in [3.63, 3.8) is 0 Å². The lowest BCUT2D eigenvalue weighted by Crippen LogP contribution is -2.15. The molecule has 0 saturated carbocycles. The fourth-order valence-corrected chi connectivity index (χ4v) is 4.05. The number of halogens is 2. The summed E-state index contributed by atoms with van der Waals surface area (Å²) < 4.78 is 39.4. The molecular weight excluding hydrogens is 427 g/mol. The van der Waals surface area contributed by atoms with Crippen LogP contribution in [-0.2, 0) is 16.6 Å². The Morgan fingerprint density at radius 2 is 1.82 bits per heavy atom. The van der Waals surface area contributed by atoms with Gasteiger partial charge in [-0.2, -0.15) is 4.98 Å². The third kappa shape index (κ3) is 4.32. The van der Waals surface area contributed by atoms with Gasteiger partial charge in [0, 0.05) is 21.7 Å². The van der Waals surface area contributed by atoms with Crippen LogP contribution in [0.25, 0.3) is 0 Å². The molecule has 0 amide bonds. The van der Waals surface area contributed by atoms with E-state index in [1.807, 2.05) is 0 Å². The molecule has 3 aromatic rings. The van der Waals surface area contributed by atoms with Crippen molar-refractivity contribution in [1.29, 1.82) is 0 Å². The molecule has 1 heterocycles. The summed E-state index contributed by atoms with van der Waals surface area (Å²) in [4.78, 5) is 3.91. The number of aromatic nitrogens is 3. The minimum Gasteiger partial charge on any atom is -0.497 e. The van der Waals surface area contributed by atoms with Gasteiger partial charge in [0.2, 0.25) is 0 Å². The molecule has 1 N–H and O–H groups in total. The molecule has 1 aromatic heterocycles. The molecule has 148 valence electrons. The Balaban J connectivity index is 1.83. The number of nitrogens with zero attached hydrogens (tertiary/aromatic N) is 3. The summed E-state index contributed by atoms with van der Waals surface area (Å²) in [6, 6.07) is 9.51. The molecular formula is C17H16Cl2N4O4S. The molecule has 8 nitrogen and oxygen atoms in total. The average Bonchev–Trinajstić information content (AvgIpc) is 3.10. The van der Waals surface area contributed by atoms with Gasteiger partial charge in [0.1, 0.15) is 22.7 Å². The first kappa shape index (κ1) is 20.2. The van der Waals surface area contributed by atoms with E-state index in [0.29, 0.717) is 21.4 Å². The molecule has 0 radical (unpaired) electrons. The molecule has 0 fully saturated rings. The highest BCUT2D eigenvalue weighted by molar-refractivity contribution is 7.92. The first-order chi connectivity index (χ1) is 13.3. The number of hydrogen-bond donors (Lipinski definition) is 1. The third-order valence-corrected chi connectivity index (χ3v) is 5.88. The highest BCUT2D eigenvalue weighted by atomic mass is 35.5. The summed E-state index contributed by atoms with van der Waals surface area (Å²) in [7, 11) is -1.13. The fraction of sp³-hybridized carbons (Fsp3) is 0.176. The zero-order chi connectivity index (χ0) is 20.3. The third-order valence-electron chi connectivity index (χ3n) is 3.80. The largest absolute Gasteiger partial charge is 0.497 e. The minimum absolute atomic E-state index is 0.0682. The van der Waals surface area contributed by atoms with Crippen molar-refractivity contribution in [2.75, 3.05) is 18.9 Å². The zero-order valence-electron chi connectivity index (χ0n) is 14.9. The molecule has 0 unspecified atom stereocenters. The van der Waals surface area contributed by atoms with Crippen LogP contribution in [0.5, 0.6) is 11.5 Å². The molecule has 28 heavy (non-hydrogen) atoms. The van der Waals surface area contributed by atoms with E-state index in [1.165, 1.54) is 43.4 Å². The van der Waals surface area contributed by atoms with E-state index < -0.39 is 10.0 Å². The van der Waals surface area contributed by atoms with Crippen LogP contribution >= 0.6 is 23.2 Å². The number of rotatable bonds is 7. The minimum atomic E-state index is -3.98. The van der Waals surface area contributed by atoms with Gasteiger partial charge in [-0.05, 0) is 24.3 Å². The van der Waals surface area contributed by atoms with Gasteiger partial charge >= 0.3 is 0 Å². The van der Waals surface area contributed by atoms with Crippen molar-refractivity contribution in [3.05, 3.63) is 58.3 Å². The molecule has 0 spiro atoms. The summed E-state index contributed by atoms with van der Waals surface area (Å²) in [5.74, 6) is 0.505. The Morgan fingerprint density at radius 3 is 2.46 bits per heavy atom. The standard InChI is InChI=1S/C17H16Cl2N4O4S/c1-26-11-6-7-16(15(8-11)27-2)28(24,25)22-17-20-10-23(21-17)9-12-13(18)4-3-5-14(12)19/h3-8,10H,9H2,1-2H3,(H,21,22). The molecule has 0 saturated heterocycles. The first-order valence-electron chi connectivity index (χ1n) is 7.91. The highest BCUT2D eigenvalue weighted by Gasteiger charge is 2.22. The van der Waals surface area contributed by atoms with E-state index >= 15 is 0 Å². The number of anilines is 1. The number of ether oxygens (including phenoxy) is 2. The van der Waals surface area contributed by atoms with Gasteiger partial charge in [-0.3, -0.25) is 0 Å². The van der Waals surface area contributed by atoms with Gasteiger partial charge in [0.15, 0.2) is 0 Å². The van der Waals surface area contributed by atoms with Crippen molar-refractivity contribution in [2.45, 2.75) is 11.4 Å². The highest BCUT2D eigenvalue weighted by Crippen LogP contribution is 2.29. The monoisotopic (exact) mass is 442 g/mol. The van der Waals surface area contributed by atoms with Gasteiger partial charge in [-0.15, -0.1) is 5.10 Å². The van der Waals surface area contributed by atoms with Crippen molar-refractivity contribution in [3.8, 4) is 11.5 Å². The van der Waals surface area contributed by atoms with Gasteiger partial charge < -0.3 is 9.47 Å². The van der Waals surface area contributed by atoms with E-state index in [0.717, 1.165) is 0 Å². The van der Waals surface area contributed by atoms with Crippen molar-refractivity contribution >= 4 is 39.2 Å². The Morgan fingerprint density at radius 1 is 1.11 bits per heavy atom. The number of nitrogens with one attached hydrogen (secondary N) is 1. The summed E-state index contributed by atoms with van der Waals surface area (Å²) in [5.41, 5.74) is 0.655. The molecule has 3 rings (SSSR count). The van der Waals surface area contributed by atoms with Gasteiger partial charge in [-0.1, -0.05) is 29.3 Å². The van der Waals surface area contributed by atoms with Crippen molar-refractivity contribution in [2.24, 2.45) is 0 Å². The van der Waals surface area contributed by atoms with E-state index in [2.05, 4.69) is 14.8 Å². The van der Waals surface area contributed by atoms with Crippen LogP contribution in [-0.4, -0.2) is 37.4 Å². The normalized spacial score (nSPS) is 11.3. The van der Waals surface area contributed by atoms with Crippen LogP contribution in [0.4, 0.5) is 5.95 Å².